The Balaban J connectivity index is 1.78. The van der Waals surface area contributed by atoms with Crippen molar-refractivity contribution in [1.82, 2.24) is 9.55 Å². The Bertz CT molecular complexity index is 1020. The first-order valence-electron chi connectivity index (χ1n) is 9.53. The summed E-state index contributed by atoms with van der Waals surface area (Å²) >= 11 is 0. The van der Waals surface area contributed by atoms with Crippen molar-refractivity contribution in [3.8, 4) is 11.5 Å². The lowest BCUT2D eigenvalue weighted by Crippen LogP contribution is -2.31. The van der Waals surface area contributed by atoms with Crippen LogP contribution in [0.25, 0.3) is 11.0 Å². The van der Waals surface area contributed by atoms with Gasteiger partial charge in [0.25, 0.3) is 0 Å². The molecule has 28 heavy (non-hydrogen) atoms. The van der Waals surface area contributed by atoms with Gasteiger partial charge in [-0.2, -0.15) is 0 Å². The minimum Gasteiger partial charge on any atom is -0.490 e. The van der Waals surface area contributed by atoms with Crippen LogP contribution in [0.5, 0.6) is 11.5 Å². The molecule has 3 aromatic rings. The highest BCUT2D eigenvalue weighted by Crippen LogP contribution is 2.36. The number of aliphatic imine (C=N–C) groups is 1. The summed E-state index contributed by atoms with van der Waals surface area (Å²) in [6.45, 7) is 7.38. The van der Waals surface area contributed by atoms with E-state index in [0.29, 0.717) is 36.8 Å². The van der Waals surface area contributed by atoms with Gasteiger partial charge in [-0.05, 0) is 37.1 Å². The molecule has 0 saturated heterocycles. The third-order valence-corrected chi connectivity index (χ3v) is 4.48. The van der Waals surface area contributed by atoms with E-state index in [4.69, 9.17) is 15.2 Å². The molecule has 7 nitrogen and oxygen atoms in total. The van der Waals surface area contributed by atoms with Crippen LogP contribution in [0.15, 0.2) is 47.5 Å². The van der Waals surface area contributed by atoms with Crippen molar-refractivity contribution in [1.29, 1.82) is 0 Å². The summed E-state index contributed by atoms with van der Waals surface area (Å²) in [5.41, 5.74) is 8.87. The fraction of sp³-hybridized carbons (Fsp3) is 0.333. The summed E-state index contributed by atoms with van der Waals surface area (Å²) < 4.78 is 13.8. The first kappa shape index (κ1) is 18.2. The van der Waals surface area contributed by atoms with Crippen LogP contribution in [0.1, 0.15) is 32.5 Å². The molecule has 2 heterocycles. The Labute approximate surface area is 164 Å². The lowest BCUT2D eigenvalue weighted by Gasteiger charge is -2.24. The van der Waals surface area contributed by atoms with Crippen LogP contribution in [-0.2, 0) is 0 Å². The van der Waals surface area contributed by atoms with Gasteiger partial charge < -0.3 is 15.2 Å². The molecule has 0 bridgehead atoms. The second kappa shape index (κ2) is 7.42. The molecule has 1 aliphatic rings. The average Bonchev–Trinajstić information content (AvgIpc) is 3.04. The van der Waals surface area contributed by atoms with Crippen molar-refractivity contribution >= 4 is 22.9 Å². The normalized spacial score (nSPS) is 15.9. The Kier molecular flexibility index (Phi) is 4.81. The number of benzene rings is 2. The molecule has 2 aromatic carbocycles. The molecule has 146 valence electrons. The number of fused-ring (bicyclic) bond motifs is 3. The van der Waals surface area contributed by atoms with E-state index in [2.05, 4.69) is 29.1 Å². The molecule has 0 radical (unpaired) electrons. The van der Waals surface area contributed by atoms with E-state index in [1.807, 2.05) is 54.0 Å². The lowest BCUT2D eigenvalue weighted by atomic mass is 10.1. The van der Waals surface area contributed by atoms with Crippen molar-refractivity contribution in [2.75, 3.05) is 18.5 Å². The summed E-state index contributed by atoms with van der Waals surface area (Å²) in [5.74, 6) is 2.89. The number of para-hydroxylation sites is 2. The lowest BCUT2D eigenvalue weighted by molar-refractivity contribution is 0.248. The number of aromatic nitrogens is 2. The van der Waals surface area contributed by atoms with Gasteiger partial charge in [-0.3, -0.25) is 9.88 Å². The van der Waals surface area contributed by atoms with E-state index in [9.17, 15) is 0 Å². The van der Waals surface area contributed by atoms with Gasteiger partial charge in [0.1, 0.15) is 0 Å². The molecule has 0 fully saturated rings. The number of hydrogen-bond donors (Lipinski definition) is 2. The third-order valence-electron chi connectivity index (χ3n) is 4.48. The van der Waals surface area contributed by atoms with E-state index in [-0.39, 0.29) is 6.17 Å². The molecule has 7 heteroatoms. The number of guanidine groups is 1. The quantitative estimate of drug-likeness (QED) is 0.681. The fourth-order valence-electron chi connectivity index (χ4n) is 3.27. The maximum atomic E-state index is 6.04. The molecule has 0 saturated carbocycles. The topological polar surface area (TPSA) is 86.7 Å². The second-order valence-electron chi connectivity index (χ2n) is 7.15. The number of rotatable bonds is 6. The Morgan fingerprint density at radius 3 is 2.75 bits per heavy atom. The number of nitrogens with one attached hydrogen (secondary N) is 1. The summed E-state index contributed by atoms with van der Waals surface area (Å²) in [5, 5.41) is 3.06. The largest absolute Gasteiger partial charge is 0.490 e. The number of ether oxygens (including phenoxy) is 2. The smallest absolute Gasteiger partial charge is 0.212 e. The van der Waals surface area contributed by atoms with Crippen molar-refractivity contribution in [2.24, 2.45) is 16.6 Å². The molecule has 0 aliphatic carbocycles. The van der Waals surface area contributed by atoms with E-state index in [0.717, 1.165) is 22.3 Å². The van der Waals surface area contributed by atoms with E-state index in [1.165, 1.54) is 0 Å². The van der Waals surface area contributed by atoms with Crippen LogP contribution in [0.3, 0.4) is 0 Å². The van der Waals surface area contributed by atoms with Gasteiger partial charge in [-0.15, -0.1) is 0 Å². The average molecular weight is 379 g/mol. The second-order valence-corrected chi connectivity index (χ2v) is 7.15. The summed E-state index contributed by atoms with van der Waals surface area (Å²) in [6, 6.07) is 13.9. The highest BCUT2D eigenvalue weighted by Gasteiger charge is 2.26. The maximum absolute atomic E-state index is 6.04. The molecule has 0 amide bonds. The SMILES string of the molecule is CCOc1cc([C@H]2N=C(N)Nc3nc4ccccc4n32)ccc1OCC(C)C. The standard InChI is InChI=1S/C21H25N5O2/c1-4-27-18-11-14(9-10-17(18)28-12-13(2)3)19-24-20(22)25-21-23-15-7-5-6-8-16(15)26(19)21/h5-11,13,19H,4,12H2,1-3H3,(H3,22,23,24,25)/t19-/m0/s1. The van der Waals surface area contributed by atoms with E-state index >= 15 is 0 Å². The Morgan fingerprint density at radius 2 is 1.96 bits per heavy atom. The number of nitrogens with zero attached hydrogens (tertiary/aromatic N) is 3. The molecule has 4 rings (SSSR count). The van der Waals surface area contributed by atoms with Crippen LogP contribution in [0.4, 0.5) is 5.95 Å². The van der Waals surface area contributed by atoms with Crippen LogP contribution < -0.4 is 20.5 Å². The predicted octanol–water partition coefficient (Wildman–Crippen LogP) is 3.76. The summed E-state index contributed by atoms with van der Waals surface area (Å²) in [6.07, 6.45) is -0.331. The van der Waals surface area contributed by atoms with Crippen molar-refractivity contribution in [2.45, 2.75) is 26.9 Å². The monoisotopic (exact) mass is 379 g/mol. The highest BCUT2D eigenvalue weighted by atomic mass is 16.5. The molecule has 1 aliphatic heterocycles. The number of imidazole rings is 1. The maximum Gasteiger partial charge on any atom is 0.212 e. The molecule has 0 spiro atoms. The molecule has 3 N–H and O–H groups in total. The van der Waals surface area contributed by atoms with Gasteiger partial charge in [-0.1, -0.05) is 32.0 Å². The minimum atomic E-state index is -0.331. The van der Waals surface area contributed by atoms with Crippen LogP contribution in [0, 0.1) is 5.92 Å². The highest BCUT2D eigenvalue weighted by molar-refractivity contribution is 5.94. The molecule has 1 aromatic heterocycles. The zero-order valence-electron chi connectivity index (χ0n) is 16.3. The first-order valence-corrected chi connectivity index (χ1v) is 9.53. The molecule has 1 atom stereocenters. The van der Waals surface area contributed by atoms with Crippen molar-refractivity contribution in [3.63, 3.8) is 0 Å². The molecule has 0 unspecified atom stereocenters. The number of nitrogens with two attached hydrogens (primary N) is 1. The van der Waals surface area contributed by atoms with Crippen LogP contribution >= 0.6 is 0 Å². The Morgan fingerprint density at radius 1 is 1.14 bits per heavy atom. The molecular weight excluding hydrogens is 354 g/mol. The zero-order chi connectivity index (χ0) is 19.7. The van der Waals surface area contributed by atoms with Gasteiger partial charge >= 0.3 is 0 Å². The van der Waals surface area contributed by atoms with Gasteiger partial charge in [-0.25, -0.2) is 9.98 Å². The van der Waals surface area contributed by atoms with E-state index < -0.39 is 0 Å². The minimum absolute atomic E-state index is 0.331. The number of anilines is 1. The third kappa shape index (κ3) is 3.35. The van der Waals surface area contributed by atoms with Gasteiger partial charge in [0, 0.05) is 5.56 Å². The van der Waals surface area contributed by atoms with Crippen molar-refractivity contribution in [3.05, 3.63) is 48.0 Å². The summed E-state index contributed by atoms with van der Waals surface area (Å²) in [4.78, 5) is 9.27. The van der Waals surface area contributed by atoms with Crippen LogP contribution in [0.2, 0.25) is 0 Å². The van der Waals surface area contributed by atoms with Crippen molar-refractivity contribution < 1.29 is 9.47 Å². The first-order chi connectivity index (χ1) is 13.6. The van der Waals surface area contributed by atoms with Crippen LogP contribution in [-0.4, -0.2) is 28.7 Å². The van der Waals surface area contributed by atoms with Gasteiger partial charge in [0.05, 0.1) is 24.2 Å². The van der Waals surface area contributed by atoms with E-state index in [1.54, 1.807) is 0 Å². The number of hydrogen-bond acceptors (Lipinski definition) is 6. The fourth-order valence-corrected chi connectivity index (χ4v) is 3.27. The van der Waals surface area contributed by atoms with Gasteiger partial charge in [0.15, 0.2) is 23.6 Å². The Hall–Kier alpha value is -3.22. The zero-order valence-corrected chi connectivity index (χ0v) is 16.3. The summed E-state index contributed by atoms with van der Waals surface area (Å²) in [7, 11) is 0. The van der Waals surface area contributed by atoms with Gasteiger partial charge in [0.2, 0.25) is 5.95 Å². The predicted molar refractivity (Wildman–Crippen MR) is 111 cm³/mol. The molecular formula is C21H25N5O2.